The Balaban J connectivity index is 2.05. The van der Waals surface area contributed by atoms with E-state index in [-0.39, 0.29) is 6.01 Å². The minimum absolute atomic E-state index is 0.000612. The van der Waals surface area contributed by atoms with Gasteiger partial charge in [0.05, 0.1) is 11.8 Å². The van der Waals surface area contributed by atoms with E-state index in [0.29, 0.717) is 5.89 Å². The zero-order chi connectivity index (χ0) is 12.8. The fourth-order valence-corrected chi connectivity index (χ4v) is 2.12. The Labute approximate surface area is 97.2 Å². The number of aliphatic carboxylic acids is 1. The second kappa shape index (κ2) is 3.54. The van der Waals surface area contributed by atoms with Crippen molar-refractivity contribution >= 4 is 17.9 Å². The van der Waals surface area contributed by atoms with E-state index in [1.54, 1.807) is 20.8 Å². The number of carboxylic acid groups (broad SMARTS) is 1. The fourth-order valence-electron chi connectivity index (χ4n) is 2.12. The summed E-state index contributed by atoms with van der Waals surface area (Å²) >= 11 is 0. The summed E-state index contributed by atoms with van der Waals surface area (Å²) in [4.78, 5) is 22.7. The van der Waals surface area contributed by atoms with Gasteiger partial charge in [-0.3, -0.25) is 14.9 Å². The molecule has 1 aliphatic carbocycles. The molecule has 1 saturated carbocycles. The molecule has 1 fully saturated rings. The summed E-state index contributed by atoms with van der Waals surface area (Å²) in [5.41, 5.74) is -0.537. The lowest BCUT2D eigenvalue weighted by atomic mass is 10.1. The molecule has 0 saturated heterocycles. The van der Waals surface area contributed by atoms with Gasteiger partial charge in [-0.15, -0.1) is 5.10 Å². The second-order valence-electron chi connectivity index (χ2n) is 4.73. The van der Waals surface area contributed by atoms with Gasteiger partial charge in [-0.2, -0.15) is 0 Å². The Morgan fingerprint density at radius 2 is 2.00 bits per heavy atom. The van der Waals surface area contributed by atoms with E-state index < -0.39 is 29.1 Å². The molecule has 2 rings (SSSR count). The van der Waals surface area contributed by atoms with Crippen molar-refractivity contribution in [3.8, 4) is 0 Å². The molecule has 2 N–H and O–H groups in total. The van der Waals surface area contributed by atoms with Gasteiger partial charge in [0.25, 0.3) is 0 Å². The van der Waals surface area contributed by atoms with Crippen LogP contribution in [0.1, 0.15) is 19.7 Å². The van der Waals surface area contributed by atoms with Gasteiger partial charge in [0.1, 0.15) is 0 Å². The molecule has 0 radical (unpaired) electrons. The maximum Gasteiger partial charge on any atom is 0.322 e. The zero-order valence-electron chi connectivity index (χ0n) is 9.72. The molecule has 1 amide bonds. The molecule has 0 bridgehead atoms. The van der Waals surface area contributed by atoms with E-state index in [2.05, 4.69) is 15.5 Å². The number of hydrogen-bond acceptors (Lipinski definition) is 5. The lowest BCUT2D eigenvalue weighted by Crippen LogP contribution is -2.17. The predicted molar refractivity (Wildman–Crippen MR) is 56.1 cm³/mol. The lowest BCUT2D eigenvalue weighted by molar-refractivity contribution is -0.140. The van der Waals surface area contributed by atoms with Crippen molar-refractivity contribution in [1.82, 2.24) is 10.2 Å². The highest BCUT2D eigenvalue weighted by Gasteiger charge is 2.66. The van der Waals surface area contributed by atoms with Crippen LogP contribution >= 0.6 is 0 Å². The molecule has 92 valence electrons. The number of nitrogens with one attached hydrogen (secondary N) is 1. The van der Waals surface area contributed by atoms with E-state index in [1.165, 1.54) is 0 Å². The predicted octanol–water partition coefficient (Wildman–Crippen LogP) is 0.673. The first-order valence-corrected chi connectivity index (χ1v) is 5.18. The van der Waals surface area contributed by atoms with Crippen LogP contribution in [-0.4, -0.2) is 27.2 Å². The summed E-state index contributed by atoms with van der Waals surface area (Å²) in [6.07, 6.45) is 0. The molecule has 7 heteroatoms. The lowest BCUT2D eigenvalue weighted by Gasteiger charge is -2.00. The van der Waals surface area contributed by atoms with Gasteiger partial charge in [-0.1, -0.05) is 18.9 Å². The summed E-state index contributed by atoms with van der Waals surface area (Å²) in [6.45, 7) is 5.09. The first kappa shape index (κ1) is 11.6. The molecule has 7 nitrogen and oxygen atoms in total. The standard InChI is InChI=1S/C10H13N3O4/c1-4-12-13-9(17-4)11-7(14)5-6(8(15)16)10(5,2)3/h5-6H,1-3H3,(H,15,16)(H,11,13,14)/t5-,6+/m1/s1. The van der Waals surface area contributed by atoms with Crippen molar-refractivity contribution in [2.75, 3.05) is 5.32 Å². The average Bonchev–Trinajstić information content (AvgIpc) is 2.54. The first-order valence-electron chi connectivity index (χ1n) is 5.18. The minimum atomic E-state index is -0.961. The molecule has 1 heterocycles. The Morgan fingerprint density at radius 3 is 2.41 bits per heavy atom. The Bertz CT molecular complexity index is 480. The van der Waals surface area contributed by atoms with Crippen molar-refractivity contribution in [2.24, 2.45) is 17.3 Å². The SMILES string of the molecule is Cc1nnc(NC(=O)[C@H]2[C@@H](C(=O)O)C2(C)C)o1. The van der Waals surface area contributed by atoms with Crippen molar-refractivity contribution in [3.05, 3.63) is 5.89 Å². The van der Waals surface area contributed by atoms with Crippen LogP contribution in [0.5, 0.6) is 0 Å². The van der Waals surface area contributed by atoms with Crippen LogP contribution in [-0.2, 0) is 9.59 Å². The third-order valence-electron chi connectivity index (χ3n) is 3.13. The largest absolute Gasteiger partial charge is 0.481 e. The molecule has 0 aromatic carbocycles. The van der Waals surface area contributed by atoms with Crippen LogP contribution in [0.3, 0.4) is 0 Å². The number of hydrogen-bond donors (Lipinski definition) is 2. The highest BCUT2D eigenvalue weighted by molar-refractivity contribution is 5.98. The number of carbonyl (C=O) groups excluding carboxylic acids is 1. The van der Waals surface area contributed by atoms with Crippen LogP contribution in [0, 0.1) is 24.2 Å². The second-order valence-corrected chi connectivity index (χ2v) is 4.73. The van der Waals surface area contributed by atoms with E-state index in [1.807, 2.05) is 0 Å². The summed E-state index contributed by atoms with van der Waals surface area (Å²) in [6, 6.07) is -0.000612. The van der Waals surface area contributed by atoms with Crippen LogP contribution in [0.2, 0.25) is 0 Å². The summed E-state index contributed by atoms with van der Waals surface area (Å²) < 4.78 is 4.99. The quantitative estimate of drug-likeness (QED) is 0.803. The van der Waals surface area contributed by atoms with Gasteiger partial charge < -0.3 is 9.52 Å². The van der Waals surface area contributed by atoms with Gasteiger partial charge in [0.2, 0.25) is 11.8 Å². The van der Waals surface area contributed by atoms with Crippen LogP contribution in [0.25, 0.3) is 0 Å². The number of aromatic nitrogens is 2. The van der Waals surface area contributed by atoms with Gasteiger partial charge in [-0.25, -0.2) is 0 Å². The van der Waals surface area contributed by atoms with E-state index in [9.17, 15) is 9.59 Å². The van der Waals surface area contributed by atoms with Gasteiger partial charge in [0, 0.05) is 6.92 Å². The number of carboxylic acids is 1. The molecule has 1 aromatic heterocycles. The molecule has 1 aliphatic rings. The van der Waals surface area contributed by atoms with Crippen molar-refractivity contribution < 1.29 is 19.1 Å². The molecule has 2 atom stereocenters. The van der Waals surface area contributed by atoms with Crippen molar-refractivity contribution in [3.63, 3.8) is 0 Å². The summed E-state index contributed by atoms with van der Waals surface area (Å²) in [5, 5.41) is 18.5. The monoisotopic (exact) mass is 239 g/mol. The maximum atomic E-state index is 11.8. The van der Waals surface area contributed by atoms with E-state index in [4.69, 9.17) is 9.52 Å². The molecule has 0 aliphatic heterocycles. The highest BCUT2D eigenvalue weighted by Crippen LogP contribution is 2.58. The molecule has 17 heavy (non-hydrogen) atoms. The van der Waals surface area contributed by atoms with Crippen molar-refractivity contribution in [2.45, 2.75) is 20.8 Å². The van der Waals surface area contributed by atoms with Crippen LogP contribution in [0.15, 0.2) is 4.42 Å². The summed E-state index contributed by atoms with van der Waals surface area (Å²) in [5.74, 6) is -2.24. The molecule has 0 unspecified atom stereocenters. The van der Waals surface area contributed by atoms with Crippen LogP contribution in [0.4, 0.5) is 6.01 Å². The number of amides is 1. The number of aryl methyl sites for hydroxylation is 1. The highest BCUT2D eigenvalue weighted by atomic mass is 16.4. The van der Waals surface area contributed by atoms with Gasteiger partial charge in [-0.05, 0) is 5.41 Å². The molecular formula is C10H13N3O4. The molecular weight excluding hydrogens is 226 g/mol. The third-order valence-corrected chi connectivity index (χ3v) is 3.13. The maximum absolute atomic E-state index is 11.8. The Morgan fingerprint density at radius 1 is 1.35 bits per heavy atom. The Hall–Kier alpha value is -1.92. The van der Waals surface area contributed by atoms with Crippen LogP contribution < -0.4 is 5.32 Å². The number of anilines is 1. The Kier molecular flexibility index (Phi) is 2.41. The number of rotatable bonds is 3. The van der Waals surface area contributed by atoms with Crippen molar-refractivity contribution in [1.29, 1.82) is 0 Å². The van der Waals surface area contributed by atoms with E-state index in [0.717, 1.165) is 0 Å². The zero-order valence-corrected chi connectivity index (χ0v) is 9.72. The average molecular weight is 239 g/mol. The fraction of sp³-hybridized carbons (Fsp3) is 0.600. The third kappa shape index (κ3) is 1.88. The molecule has 1 aromatic rings. The van der Waals surface area contributed by atoms with Gasteiger partial charge >= 0.3 is 12.0 Å². The normalized spacial score (nSPS) is 25.4. The number of carbonyl (C=O) groups is 2. The van der Waals surface area contributed by atoms with Gasteiger partial charge in [0.15, 0.2) is 0 Å². The van der Waals surface area contributed by atoms with E-state index >= 15 is 0 Å². The minimum Gasteiger partial charge on any atom is -0.481 e. The molecule has 0 spiro atoms. The topological polar surface area (TPSA) is 105 Å². The smallest absolute Gasteiger partial charge is 0.322 e. The first-order chi connectivity index (χ1) is 7.84. The summed E-state index contributed by atoms with van der Waals surface area (Å²) in [7, 11) is 0. The number of nitrogens with zero attached hydrogens (tertiary/aromatic N) is 2.